The Balaban J connectivity index is 1.68. The van der Waals surface area contributed by atoms with Crippen molar-refractivity contribution in [1.82, 2.24) is 24.9 Å². The highest BCUT2D eigenvalue weighted by Crippen LogP contribution is 2.28. The maximum atomic E-state index is 14.7. The molecule has 0 unspecified atom stereocenters. The third kappa shape index (κ3) is 3.52. The molecule has 2 aromatic heterocycles. The van der Waals surface area contributed by atoms with E-state index in [0.29, 0.717) is 41.7 Å². The number of amides is 1. The van der Waals surface area contributed by atoms with Crippen LogP contribution in [0.1, 0.15) is 19.3 Å². The minimum atomic E-state index is -0.450. The van der Waals surface area contributed by atoms with E-state index in [1.807, 2.05) is 24.3 Å². The molecule has 8 nitrogen and oxygen atoms in total. The maximum Gasteiger partial charge on any atom is 0.242 e. The van der Waals surface area contributed by atoms with Crippen molar-refractivity contribution >= 4 is 28.4 Å². The zero-order valence-corrected chi connectivity index (χ0v) is 16.9. The molecule has 9 heteroatoms. The summed E-state index contributed by atoms with van der Waals surface area (Å²) in [7, 11) is 1.59. The normalized spacial score (nSPS) is 16.8. The van der Waals surface area contributed by atoms with Gasteiger partial charge in [-0.25, -0.2) is 14.4 Å². The van der Waals surface area contributed by atoms with Crippen LogP contribution in [0.5, 0.6) is 5.75 Å². The molecule has 0 spiro atoms. The van der Waals surface area contributed by atoms with Gasteiger partial charge in [-0.1, -0.05) is 18.2 Å². The van der Waals surface area contributed by atoms with Crippen molar-refractivity contribution in [1.29, 1.82) is 0 Å². The van der Waals surface area contributed by atoms with Gasteiger partial charge in [0.25, 0.3) is 0 Å². The molecule has 1 saturated heterocycles. The first kappa shape index (κ1) is 19.2. The average molecular weight is 420 g/mol. The number of carbonyl (C=O) groups is 1. The minimum Gasteiger partial charge on any atom is -0.497 e. The molecule has 3 heterocycles. The summed E-state index contributed by atoms with van der Waals surface area (Å²) in [6, 6.07) is 11.6. The molecule has 1 aliphatic rings. The summed E-state index contributed by atoms with van der Waals surface area (Å²) in [4.78, 5) is 21.6. The Morgan fingerprint density at radius 2 is 2.06 bits per heavy atom. The fraction of sp³-hybridized carbons (Fsp3) is 0.273. The summed E-state index contributed by atoms with van der Waals surface area (Å²) in [6.07, 6.45) is 2.51. The van der Waals surface area contributed by atoms with E-state index in [1.165, 1.54) is 10.6 Å². The molecule has 0 saturated carbocycles. The van der Waals surface area contributed by atoms with Crippen molar-refractivity contribution in [3.05, 3.63) is 48.3 Å². The molecule has 2 aromatic carbocycles. The van der Waals surface area contributed by atoms with Crippen LogP contribution in [0, 0.1) is 5.82 Å². The van der Waals surface area contributed by atoms with Gasteiger partial charge >= 0.3 is 0 Å². The zero-order valence-electron chi connectivity index (χ0n) is 16.9. The number of aromatic nitrogens is 4. The van der Waals surface area contributed by atoms with E-state index in [0.717, 1.165) is 18.4 Å². The van der Waals surface area contributed by atoms with Gasteiger partial charge in [0, 0.05) is 12.1 Å². The Labute approximate surface area is 177 Å². The summed E-state index contributed by atoms with van der Waals surface area (Å²) in [5.74, 6) is 0.902. The lowest BCUT2D eigenvalue weighted by Crippen LogP contribution is -2.38. The van der Waals surface area contributed by atoms with Gasteiger partial charge in [0.15, 0.2) is 11.5 Å². The summed E-state index contributed by atoms with van der Waals surface area (Å²) >= 11 is 0. The highest BCUT2D eigenvalue weighted by Gasteiger charge is 2.24. The van der Waals surface area contributed by atoms with Gasteiger partial charge in [-0.05, 0) is 43.5 Å². The topological polar surface area (TPSA) is 93.4 Å². The van der Waals surface area contributed by atoms with E-state index < -0.39 is 11.9 Å². The number of hydrogen-bond acceptors (Lipinski definition) is 6. The van der Waals surface area contributed by atoms with Gasteiger partial charge in [0.1, 0.15) is 17.6 Å². The van der Waals surface area contributed by atoms with Gasteiger partial charge in [0.2, 0.25) is 11.9 Å². The summed E-state index contributed by atoms with van der Waals surface area (Å²) in [6.45, 7) is 0.659. The van der Waals surface area contributed by atoms with E-state index >= 15 is 0 Å². The minimum absolute atomic E-state index is 0.0834. The third-order valence-electron chi connectivity index (χ3n) is 5.42. The summed E-state index contributed by atoms with van der Waals surface area (Å²) in [5, 5.41) is 11.0. The van der Waals surface area contributed by atoms with Crippen molar-refractivity contribution in [3.8, 4) is 17.1 Å². The molecular weight excluding hydrogens is 399 g/mol. The van der Waals surface area contributed by atoms with E-state index in [1.54, 1.807) is 19.2 Å². The first-order valence-corrected chi connectivity index (χ1v) is 10.2. The number of nitrogens with one attached hydrogen (secondary N) is 2. The SMILES string of the molecule is COc1cccc(-c2nc3c4c(F)cccc4nc(N[C@@H]4CCCCNC4=O)n3n2)c1. The third-order valence-corrected chi connectivity index (χ3v) is 5.42. The molecular formula is C22H21FN6O2. The lowest BCUT2D eigenvalue weighted by molar-refractivity contribution is -0.121. The highest BCUT2D eigenvalue weighted by molar-refractivity contribution is 5.94. The number of fused-ring (bicyclic) bond motifs is 3. The fourth-order valence-electron chi connectivity index (χ4n) is 3.82. The van der Waals surface area contributed by atoms with Crippen LogP contribution < -0.4 is 15.4 Å². The number of carbonyl (C=O) groups excluding carboxylic acids is 1. The van der Waals surface area contributed by atoms with Gasteiger partial charge in [0.05, 0.1) is 18.0 Å². The first-order chi connectivity index (χ1) is 15.1. The molecule has 31 heavy (non-hydrogen) atoms. The van der Waals surface area contributed by atoms with Crippen molar-refractivity contribution in [2.24, 2.45) is 0 Å². The standard InChI is InChI=1S/C22H21FN6O2/c1-31-14-7-4-6-13(12-14)19-27-20-18-15(23)8-5-10-16(18)25-22(29(20)28-19)26-17-9-2-3-11-24-21(17)30/h4-8,10,12,17H,2-3,9,11H2,1H3,(H,24,30)(H,25,26)/t17-/m1/s1. The molecule has 1 atom stereocenters. The number of halogens is 1. The number of methoxy groups -OCH3 is 1. The number of hydrogen-bond donors (Lipinski definition) is 2. The first-order valence-electron chi connectivity index (χ1n) is 10.2. The summed E-state index contributed by atoms with van der Waals surface area (Å²) in [5.41, 5.74) is 1.50. The van der Waals surface area contributed by atoms with Gasteiger partial charge in [-0.15, -0.1) is 5.10 Å². The molecule has 158 valence electrons. The van der Waals surface area contributed by atoms with Crippen molar-refractivity contribution in [2.45, 2.75) is 25.3 Å². The predicted octanol–water partition coefficient (Wildman–Crippen LogP) is 3.17. The molecule has 0 aliphatic carbocycles. The Kier molecular flexibility index (Phi) is 4.85. The molecule has 1 amide bonds. The van der Waals surface area contributed by atoms with Crippen molar-refractivity contribution < 1.29 is 13.9 Å². The Morgan fingerprint density at radius 3 is 2.94 bits per heavy atom. The van der Waals surface area contributed by atoms with E-state index in [2.05, 4.69) is 25.7 Å². The number of nitrogens with zero attached hydrogens (tertiary/aromatic N) is 4. The lowest BCUT2D eigenvalue weighted by Gasteiger charge is -2.16. The second-order valence-electron chi connectivity index (χ2n) is 7.46. The second kappa shape index (κ2) is 7.82. The van der Waals surface area contributed by atoms with Crippen LogP contribution in [0.2, 0.25) is 0 Å². The van der Waals surface area contributed by atoms with Crippen LogP contribution in [0.25, 0.3) is 27.9 Å². The molecule has 0 bridgehead atoms. The van der Waals surface area contributed by atoms with Crippen LogP contribution in [0.15, 0.2) is 42.5 Å². The average Bonchev–Trinajstić information content (AvgIpc) is 3.14. The Bertz CT molecular complexity index is 1290. The number of benzene rings is 2. The maximum absolute atomic E-state index is 14.7. The van der Waals surface area contributed by atoms with Crippen LogP contribution in [0.3, 0.4) is 0 Å². The highest BCUT2D eigenvalue weighted by atomic mass is 19.1. The number of anilines is 1. The number of ether oxygens (including phenoxy) is 1. The molecule has 4 aromatic rings. The molecule has 0 radical (unpaired) electrons. The van der Waals surface area contributed by atoms with Gasteiger partial charge in [-0.3, -0.25) is 4.79 Å². The fourth-order valence-corrected chi connectivity index (χ4v) is 3.82. The second-order valence-corrected chi connectivity index (χ2v) is 7.46. The molecule has 1 fully saturated rings. The van der Waals surface area contributed by atoms with Crippen LogP contribution in [-0.2, 0) is 4.79 Å². The molecule has 2 N–H and O–H groups in total. The zero-order chi connectivity index (χ0) is 21.4. The van der Waals surface area contributed by atoms with E-state index in [4.69, 9.17) is 4.74 Å². The van der Waals surface area contributed by atoms with Crippen LogP contribution in [0.4, 0.5) is 10.3 Å². The largest absolute Gasteiger partial charge is 0.497 e. The smallest absolute Gasteiger partial charge is 0.242 e. The van der Waals surface area contributed by atoms with Gasteiger partial charge < -0.3 is 15.4 Å². The lowest BCUT2D eigenvalue weighted by atomic mass is 10.1. The predicted molar refractivity (Wildman–Crippen MR) is 115 cm³/mol. The van der Waals surface area contributed by atoms with Crippen LogP contribution in [-0.4, -0.2) is 45.2 Å². The molecule has 1 aliphatic heterocycles. The monoisotopic (exact) mass is 420 g/mol. The van der Waals surface area contributed by atoms with E-state index in [-0.39, 0.29) is 11.3 Å². The summed E-state index contributed by atoms with van der Waals surface area (Å²) < 4.78 is 21.5. The number of rotatable bonds is 4. The Morgan fingerprint density at radius 1 is 1.19 bits per heavy atom. The van der Waals surface area contributed by atoms with Gasteiger partial charge in [-0.2, -0.15) is 4.52 Å². The molecule has 5 rings (SSSR count). The van der Waals surface area contributed by atoms with Crippen molar-refractivity contribution in [3.63, 3.8) is 0 Å². The Hall–Kier alpha value is -3.75. The van der Waals surface area contributed by atoms with Crippen LogP contribution >= 0.6 is 0 Å². The van der Waals surface area contributed by atoms with E-state index in [9.17, 15) is 9.18 Å². The van der Waals surface area contributed by atoms with Crippen molar-refractivity contribution in [2.75, 3.05) is 19.0 Å². The quantitative estimate of drug-likeness (QED) is 0.527.